The topological polar surface area (TPSA) is 107 Å². The number of carbonyl (C=O) groups is 1. The standard InChI is InChI=1S/C17H13N5O2S/c23-12-5-4-11(20-14(24)6-3-10-8-18-9-19-10)15-16(12)22-17(21-15)13-2-1-7-25-13/h1-9,23H,(H,18,19)(H,20,24)(H,21,22)/b6-3+. The predicted molar refractivity (Wildman–Crippen MR) is 97.3 cm³/mol. The van der Waals surface area contributed by atoms with Gasteiger partial charge in [-0.05, 0) is 29.7 Å². The molecule has 3 aromatic heterocycles. The van der Waals surface area contributed by atoms with E-state index in [4.69, 9.17) is 0 Å². The zero-order valence-corrected chi connectivity index (χ0v) is 13.7. The fraction of sp³-hybridized carbons (Fsp3) is 0. The molecule has 0 aliphatic rings. The van der Waals surface area contributed by atoms with Crippen molar-refractivity contribution in [2.45, 2.75) is 0 Å². The summed E-state index contributed by atoms with van der Waals surface area (Å²) >= 11 is 1.54. The molecule has 25 heavy (non-hydrogen) atoms. The molecule has 0 fully saturated rings. The van der Waals surface area contributed by atoms with Crippen molar-refractivity contribution in [2.24, 2.45) is 0 Å². The first kappa shape index (κ1) is 15.2. The molecule has 7 nitrogen and oxygen atoms in total. The molecule has 0 aliphatic carbocycles. The Kier molecular flexibility index (Phi) is 3.79. The van der Waals surface area contributed by atoms with Crippen molar-refractivity contribution in [2.75, 3.05) is 5.32 Å². The van der Waals surface area contributed by atoms with Crippen LogP contribution in [0.4, 0.5) is 5.69 Å². The molecular weight excluding hydrogens is 338 g/mol. The minimum Gasteiger partial charge on any atom is -0.506 e. The Morgan fingerprint density at radius 3 is 3.00 bits per heavy atom. The van der Waals surface area contributed by atoms with Gasteiger partial charge in [-0.25, -0.2) is 9.97 Å². The van der Waals surface area contributed by atoms with Crippen LogP contribution in [0.3, 0.4) is 0 Å². The summed E-state index contributed by atoms with van der Waals surface area (Å²) in [5, 5.41) is 14.8. The van der Waals surface area contributed by atoms with Crippen LogP contribution in [0.1, 0.15) is 5.69 Å². The third-order valence-electron chi connectivity index (χ3n) is 3.57. The van der Waals surface area contributed by atoms with Gasteiger partial charge in [-0.3, -0.25) is 4.79 Å². The van der Waals surface area contributed by atoms with Gasteiger partial charge in [-0.15, -0.1) is 11.3 Å². The largest absolute Gasteiger partial charge is 0.506 e. The lowest BCUT2D eigenvalue weighted by Crippen LogP contribution is -2.08. The molecule has 4 rings (SSSR count). The summed E-state index contributed by atoms with van der Waals surface area (Å²) in [5.41, 5.74) is 2.24. The van der Waals surface area contributed by atoms with Crippen molar-refractivity contribution in [1.82, 2.24) is 19.9 Å². The van der Waals surface area contributed by atoms with Crippen molar-refractivity contribution in [1.29, 1.82) is 0 Å². The van der Waals surface area contributed by atoms with Gasteiger partial charge in [-0.2, -0.15) is 0 Å². The van der Waals surface area contributed by atoms with E-state index in [0.717, 1.165) is 10.6 Å². The smallest absolute Gasteiger partial charge is 0.248 e. The van der Waals surface area contributed by atoms with Crippen LogP contribution in [0.15, 0.2) is 48.2 Å². The quantitative estimate of drug-likeness (QED) is 0.334. The average molecular weight is 351 g/mol. The number of H-pyrrole nitrogens is 2. The summed E-state index contributed by atoms with van der Waals surface area (Å²) in [5.74, 6) is 0.425. The predicted octanol–water partition coefficient (Wildman–Crippen LogP) is 3.37. The van der Waals surface area contributed by atoms with Gasteiger partial charge in [-0.1, -0.05) is 6.07 Å². The maximum absolute atomic E-state index is 12.1. The lowest BCUT2D eigenvalue weighted by molar-refractivity contribution is -0.111. The maximum atomic E-state index is 12.1. The highest BCUT2D eigenvalue weighted by Gasteiger charge is 2.14. The van der Waals surface area contributed by atoms with Gasteiger partial charge in [0, 0.05) is 6.08 Å². The van der Waals surface area contributed by atoms with Crippen LogP contribution in [0.2, 0.25) is 0 Å². The van der Waals surface area contributed by atoms with Gasteiger partial charge in [0.05, 0.1) is 28.8 Å². The van der Waals surface area contributed by atoms with Crippen molar-refractivity contribution < 1.29 is 9.90 Å². The number of phenolic OH excluding ortho intramolecular Hbond substituents is 1. The van der Waals surface area contributed by atoms with Gasteiger partial charge in [0.15, 0.2) is 0 Å². The molecule has 1 amide bonds. The lowest BCUT2D eigenvalue weighted by Gasteiger charge is -2.03. The second kappa shape index (κ2) is 6.25. The highest BCUT2D eigenvalue weighted by atomic mass is 32.1. The number of imidazole rings is 2. The van der Waals surface area contributed by atoms with E-state index in [1.807, 2.05) is 17.5 Å². The molecule has 0 saturated heterocycles. The number of amides is 1. The van der Waals surface area contributed by atoms with E-state index in [1.54, 1.807) is 29.7 Å². The van der Waals surface area contributed by atoms with E-state index in [2.05, 4.69) is 25.3 Å². The summed E-state index contributed by atoms with van der Waals surface area (Å²) in [4.78, 5) is 27.5. The molecule has 0 saturated carbocycles. The number of carbonyl (C=O) groups excluding carboxylic acids is 1. The zero-order valence-electron chi connectivity index (χ0n) is 12.9. The fourth-order valence-corrected chi connectivity index (χ4v) is 3.08. The molecule has 0 unspecified atom stereocenters. The summed E-state index contributed by atoms with van der Waals surface area (Å²) in [6.45, 7) is 0. The molecule has 0 atom stereocenters. The SMILES string of the molecule is O=C(/C=C/c1cnc[nH]1)Nc1ccc(O)c2[nH]c(-c3cccs3)nc12. The molecule has 4 N–H and O–H groups in total. The average Bonchev–Trinajstić information content (AvgIpc) is 3.36. The molecule has 0 spiro atoms. The molecule has 0 radical (unpaired) electrons. The Hall–Kier alpha value is -3.39. The number of nitrogens with one attached hydrogen (secondary N) is 3. The van der Waals surface area contributed by atoms with Crippen LogP contribution in [0, 0.1) is 0 Å². The number of anilines is 1. The second-order valence-corrected chi connectivity index (χ2v) is 6.20. The van der Waals surface area contributed by atoms with E-state index in [0.29, 0.717) is 22.5 Å². The number of benzene rings is 1. The van der Waals surface area contributed by atoms with Gasteiger partial charge >= 0.3 is 0 Å². The Morgan fingerprint density at radius 2 is 2.24 bits per heavy atom. The van der Waals surface area contributed by atoms with Crippen molar-refractivity contribution in [3.05, 3.63) is 53.9 Å². The number of rotatable bonds is 4. The third-order valence-corrected chi connectivity index (χ3v) is 4.45. The van der Waals surface area contributed by atoms with E-state index < -0.39 is 0 Å². The maximum Gasteiger partial charge on any atom is 0.248 e. The van der Waals surface area contributed by atoms with Gasteiger partial charge in [0.2, 0.25) is 5.91 Å². The van der Waals surface area contributed by atoms with Crippen LogP contribution < -0.4 is 5.32 Å². The van der Waals surface area contributed by atoms with Gasteiger partial charge in [0.1, 0.15) is 22.6 Å². The van der Waals surface area contributed by atoms with E-state index in [-0.39, 0.29) is 11.7 Å². The van der Waals surface area contributed by atoms with Crippen molar-refractivity contribution >= 4 is 40.0 Å². The number of nitrogens with zero attached hydrogens (tertiary/aromatic N) is 2. The van der Waals surface area contributed by atoms with Crippen LogP contribution in [-0.4, -0.2) is 30.9 Å². The van der Waals surface area contributed by atoms with Crippen LogP contribution >= 0.6 is 11.3 Å². The number of thiophene rings is 1. The minimum atomic E-state index is -0.303. The van der Waals surface area contributed by atoms with E-state index >= 15 is 0 Å². The Balaban J connectivity index is 1.65. The van der Waals surface area contributed by atoms with Gasteiger partial charge < -0.3 is 20.4 Å². The first-order valence-electron chi connectivity index (χ1n) is 7.44. The van der Waals surface area contributed by atoms with Crippen LogP contribution in [0.5, 0.6) is 5.75 Å². The zero-order chi connectivity index (χ0) is 17.2. The Labute approximate surface area is 146 Å². The highest BCUT2D eigenvalue weighted by molar-refractivity contribution is 7.13. The number of aromatic hydroxyl groups is 1. The Bertz CT molecular complexity index is 1050. The molecule has 0 bridgehead atoms. The monoisotopic (exact) mass is 351 g/mol. The Morgan fingerprint density at radius 1 is 1.32 bits per heavy atom. The number of aromatic nitrogens is 4. The van der Waals surface area contributed by atoms with Gasteiger partial charge in [0.25, 0.3) is 0 Å². The first-order valence-corrected chi connectivity index (χ1v) is 8.31. The summed E-state index contributed by atoms with van der Waals surface area (Å²) in [6.07, 6.45) is 6.18. The molecule has 8 heteroatoms. The number of hydrogen-bond acceptors (Lipinski definition) is 5. The summed E-state index contributed by atoms with van der Waals surface area (Å²) < 4.78 is 0. The normalized spacial score (nSPS) is 11.4. The fourth-order valence-electron chi connectivity index (χ4n) is 2.41. The molecule has 4 aromatic rings. The van der Waals surface area contributed by atoms with E-state index in [9.17, 15) is 9.90 Å². The third kappa shape index (κ3) is 3.02. The molecule has 3 heterocycles. The minimum absolute atomic E-state index is 0.0799. The summed E-state index contributed by atoms with van der Waals surface area (Å²) in [7, 11) is 0. The molecule has 0 aliphatic heterocycles. The summed E-state index contributed by atoms with van der Waals surface area (Å²) in [6, 6.07) is 7.01. The van der Waals surface area contributed by atoms with Crippen molar-refractivity contribution in [3.63, 3.8) is 0 Å². The molecule has 1 aromatic carbocycles. The van der Waals surface area contributed by atoms with E-state index in [1.165, 1.54) is 18.5 Å². The number of phenols is 1. The number of hydrogen-bond donors (Lipinski definition) is 4. The number of fused-ring (bicyclic) bond motifs is 1. The first-order chi connectivity index (χ1) is 12.2. The molecular formula is C17H13N5O2S. The van der Waals surface area contributed by atoms with Crippen molar-refractivity contribution in [3.8, 4) is 16.5 Å². The van der Waals surface area contributed by atoms with Crippen LogP contribution in [-0.2, 0) is 4.79 Å². The number of aromatic amines is 2. The lowest BCUT2D eigenvalue weighted by atomic mass is 10.2. The highest BCUT2D eigenvalue weighted by Crippen LogP contribution is 2.33. The molecule has 124 valence electrons. The second-order valence-electron chi connectivity index (χ2n) is 5.25. The van der Waals surface area contributed by atoms with Crippen LogP contribution in [0.25, 0.3) is 27.8 Å².